The van der Waals surface area contributed by atoms with Gasteiger partial charge in [0.2, 0.25) is 5.91 Å². The minimum Gasteiger partial charge on any atom is -0.507 e. The normalized spacial score (nSPS) is 15.4. The molecule has 4 heterocycles. The predicted octanol–water partition coefficient (Wildman–Crippen LogP) is 2.73. The summed E-state index contributed by atoms with van der Waals surface area (Å²) in [4.78, 5) is 15.6. The first kappa shape index (κ1) is 22.5. The Balaban J connectivity index is 0.000000153. The molecule has 2 fully saturated rings. The van der Waals surface area contributed by atoms with Gasteiger partial charge in [0.15, 0.2) is 5.65 Å². The van der Waals surface area contributed by atoms with Crippen molar-refractivity contribution in [3.63, 3.8) is 0 Å². The van der Waals surface area contributed by atoms with Gasteiger partial charge in [-0.05, 0) is 43.2 Å². The molecule has 0 saturated carbocycles. The number of aromatic hydroxyl groups is 1. The monoisotopic (exact) mass is 423 g/mol. The van der Waals surface area contributed by atoms with Crippen molar-refractivity contribution in [2.75, 3.05) is 39.4 Å². The van der Waals surface area contributed by atoms with Gasteiger partial charge in [-0.15, -0.1) is 10.2 Å². The number of phenolic OH excluding ortho intramolecular Hbond substituents is 1. The standard InChI is InChI=1S/C12H9N3O.C7H11NO.C4H9NO/c16-11-4-2-1-3-9(11)10-7-8-5-6-13-12(8)15-14-10;1-2-7(9)8-5-3-4-6-8;1-3-6-4-2-5-1/h1-7,16H,(H,13,15);2H,1,3-6H2;5H,1-4H2. The summed E-state index contributed by atoms with van der Waals surface area (Å²) in [6, 6.07) is 10.9. The molecule has 8 heteroatoms. The highest BCUT2D eigenvalue weighted by atomic mass is 16.5. The Morgan fingerprint density at radius 3 is 2.48 bits per heavy atom. The molecular formula is C23H29N5O3. The molecule has 0 atom stereocenters. The fraction of sp³-hybridized carbons (Fsp3) is 0.348. The third-order valence-corrected chi connectivity index (χ3v) is 4.93. The van der Waals surface area contributed by atoms with E-state index in [-0.39, 0.29) is 11.7 Å². The van der Waals surface area contributed by atoms with Crippen LogP contribution in [-0.2, 0) is 9.53 Å². The zero-order valence-corrected chi connectivity index (χ0v) is 17.6. The summed E-state index contributed by atoms with van der Waals surface area (Å²) in [6.45, 7) is 9.09. The summed E-state index contributed by atoms with van der Waals surface area (Å²) in [5.74, 6) is 0.291. The summed E-state index contributed by atoms with van der Waals surface area (Å²) in [5.41, 5.74) is 2.11. The molecule has 0 unspecified atom stereocenters. The SMILES string of the molecule is C1COCCN1.C=CC(=O)N1CCCC1.Oc1ccccc1-c1cc2cc[nH]c2nn1. The minimum atomic E-state index is 0.0764. The highest BCUT2D eigenvalue weighted by Crippen LogP contribution is 2.27. The van der Waals surface area contributed by atoms with Crippen LogP contribution in [0.1, 0.15) is 12.8 Å². The molecule has 3 aromatic rings. The molecule has 1 aromatic carbocycles. The molecule has 0 bridgehead atoms. The molecule has 8 nitrogen and oxygen atoms in total. The largest absolute Gasteiger partial charge is 0.507 e. The molecule has 2 aromatic heterocycles. The number of hydrogen-bond donors (Lipinski definition) is 3. The lowest BCUT2D eigenvalue weighted by molar-refractivity contribution is -0.124. The first-order chi connectivity index (χ1) is 15.2. The van der Waals surface area contributed by atoms with Gasteiger partial charge >= 0.3 is 0 Å². The van der Waals surface area contributed by atoms with E-state index in [4.69, 9.17) is 4.74 Å². The van der Waals surface area contributed by atoms with Crippen LogP contribution in [0.2, 0.25) is 0 Å². The maximum absolute atomic E-state index is 10.8. The second-order valence-corrected chi connectivity index (χ2v) is 7.13. The Morgan fingerprint density at radius 2 is 1.87 bits per heavy atom. The van der Waals surface area contributed by atoms with E-state index in [1.807, 2.05) is 35.4 Å². The van der Waals surface area contributed by atoms with E-state index in [0.29, 0.717) is 11.3 Å². The van der Waals surface area contributed by atoms with Crippen molar-refractivity contribution < 1.29 is 14.6 Å². The van der Waals surface area contributed by atoms with Gasteiger partial charge in [0.1, 0.15) is 5.75 Å². The van der Waals surface area contributed by atoms with Gasteiger partial charge < -0.3 is 25.0 Å². The van der Waals surface area contributed by atoms with Gasteiger partial charge in [0.25, 0.3) is 0 Å². The average Bonchev–Trinajstić information content (AvgIpc) is 3.53. The van der Waals surface area contributed by atoms with E-state index in [2.05, 4.69) is 27.1 Å². The summed E-state index contributed by atoms with van der Waals surface area (Å²) in [6.07, 6.45) is 5.50. The molecule has 0 aliphatic carbocycles. The zero-order valence-electron chi connectivity index (χ0n) is 17.6. The smallest absolute Gasteiger partial charge is 0.245 e. The summed E-state index contributed by atoms with van der Waals surface area (Å²) >= 11 is 0. The van der Waals surface area contributed by atoms with Crippen molar-refractivity contribution in [1.82, 2.24) is 25.4 Å². The average molecular weight is 424 g/mol. The van der Waals surface area contributed by atoms with E-state index in [9.17, 15) is 9.90 Å². The first-order valence-corrected chi connectivity index (χ1v) is 10.5. The molecule has 0 radical (unpaired) electrons. The molecule has 31 heavy (non-hydrogen) atoms. The lowest BCUT2D eigenvalue weighted by atomic mass is 10.1. The van der Waals surface area contributed by atoms with Crippen molar-refractivity contribution in [2.45, 2.75) is 12.8 Å². The van der Waals surface area contributed by atoms with Gasteiger partial charge in [-0.3, -0.25) is 4.79 Å². The highest BCUT2D eigenvalue weighted by molar-refractivity contribution is 5.87. The lowest BCUT2D eigenvalue weighted by Gasteiger charge is -2.10. The third kappa shape index (κ3) is 6.63. The second kappa shape index (κ2) is 11.8. The summed E-state index contributed by atoms with van der Waals surface area (Å²) < 4.78 is 5.01. The number of H-pyrrole nitrogens is 1. The van der Waals surface area contributed by atoms with E-state index >= 15 is 0 Å². The highest BCUT2D eigenvalue weighted by Gasteiger charge is 2.14. The number of likely N-dealkylation sites (tertiary alicyclic amines) is 1. The number of hydrogen-bond acceptors (Lipinski definition) is 6. The Labute approximate surface area is 181 Å². The van der Waals surface area contributed by atoms with Crippen LogP contribution in [0.15, 0.2) is 55.3 Å². The van der Waals surface area contributed by atoms with Crippen LogP contribution in [0, 0.1) is 0 Å². The van der Waals surface area contributed by atoms with Gasteiger partial charge in [-0.25, -0.2) is 0 Å². The molecule has 1 amide bonds. The molecule has 2 saturated heterocycles. The van der Waals surface area contributed by atoms with Gasteiger partial charge in [-0.1, -0.05) is 18.7 Å². The lowest BCUT2D eigenvalue weighted by Crippen LogP contribution is -2.30. The van der Waals surface area contributed by atoms with Crippen LogP contribution in [-0.4, -0.2) is 70.5 Å². The molecule has 5 rings (SSSR count). The van der Waals surface area contributed by atoms with Crippen LogP contribution < -0.4 is 5.32 Å². The van der Waals surface area contributed by atoms with Crippen LogP contribution in [0.4, 0.5) is 0 Å². The number of morpholine rings is 1. The number of ether oxygens (including phenoxy) is 1. The first-order valence-electron chi connectivity index (χ1n) is 10.5. The van der Waals surface area contributed by atoms with E-state index in [1.54, 1.807) is 12.1 Å². The fourth-order valence-corrected chi connectivity index (χ4v) is 3.26. The molecule has 3 N–H and O–H groups in total. The summed E-state index contributed by atoms with van der Waals surface area (Å²) in [7, 11) is 0. The number of aromatic amines is 1. The van der Waals surface area contributed by atoms with Crippen molar-refractivity contribution in [3.8, 4) is 17.0 Å². The van der Waals surface area contributed by atoms with Crippen LogP contribution >= 0.6 is 0 Å². The van der Waals surface area contributed by atoms with Gasteiger partial charge in [0.05, 0.1) is 18.9 Å². The molecule has 2 aliphatic rings. The quantitative estimate of drug-likeness (QED) is 0.548. The topological polar surface area (TPSA) is 103 Å². The second-order valence-electron chi connectivity index (χ2n) is 7.13. The predicted molar refractivity (Wildman–Crippen MR) is 121 cm³/mol. The van der Waals surface area contributed by atoms with E-state index < -0.39 is 0 Å². The maximum Gasteiger partial charge on any atom is 0.245 e. The zero-order chi connectivity index (χ0) is 21.9. The van der Waals surface area contributed by atoms with Crippen molar-refractivity contribution in [1.29, 1.82) is 0 Å². The number of fused-ring (bicyclic) bond motifs is 1. The number of phenols is 1. The third-order valence-electron chi connectivity index (χ3n) is 4.93. The van der Waals surface area contributed by atoms with Crippen LogP contribution in [0.5, 0.6) is 5.75 Å². The molecule has 164 valence electrons. The Bertz CT molecular complexity index is 967. The number of nitrogens with zero attached hydrogens (tertiary/aromatic N) is 3. The Morgan fingerprint density at radius 1 is 1.13 bits per heavy atom. The van der Waals surface area contributed by atoms with Crippen molar-refractivity contribution in [2.24, 2.45) is 0 Å². The Hall–Kier alpha value is -3.23. The number of rotatable bonds is 2. The number of nitrogens with one attached hydrogen (secondary N) is 2. The number of para-hydroxylation sites is 1. The number of carbonyl (C=O) groups excluding carboxylic acids is 1. The van der Waals surface area contributed by atoms with Gasteiger partial charge in [0, 0.05) is 43.3 Å². The molecule has 2 aliphatic heterocycles. The fourth-order valence-electron chi connectivity index (χ4n) is 3.26. The minimum absolute atomic E-state index is 0.0764. The maximum atomic E-state index is 10.8. The number of aromatic nitrogens is 3. The van der Waals surface area contributed by atoms with E-state index in [1.165, 1.54) is 6.08 Å². The molecular weight excluding hydrogens is 394 g/mol. The van der Waals surface area contributed by atoms with Gasteiger partial charge in [-0.2, -0.15) is 0 Å². The number of amides is 1. The van der Waals surface area contributed by atoms with Crippen LogP contribution in [0.3, 0.4) is 0 Å². The number of carbonyl (C=O) groups is 1. The van der Waals surface area contributed by atoms with Crippen molar-refractivity contribution >= 4 is 16.9 Å². The van der Waals surface area contributed by atoms with Crippen molar-refractivity contribution in [3.05, 3.63) is 55.3 Å². The van der Waals surface area contributed by atoms with Crippen LogP contribution in [0.25, 0.3) is 22.3 Å². The van der Waals surface area contributed by atoms with E-state index in [0.717, 1.165) is 63.3 Å². The summed E-state index contributed by atoms with van der Waals surface area (Å²) in [5, 5.41) is 22.0. The number of benzene rings is 1. The Kier molecular flexibility index (Phi) is 8.57. The molecule has 0 spiro atoms.